The summed E-state index contributed by atoms with van der Waals surface area (Å²) in [7, 11) is 4.70. The molecule has 0 amide bonds. The number of ether oxygens (including phenoxy) is 4. The molecule has 5 heteroatoms. The maximum Gasteiger partial charge on any atom is 0.132 e. The highest BCUT2D eigenvalue weighted by molar-refractivity contribution is 5.52. The Bertz CT molecular complexity index is 415. The van der Waals surface area contributed by atoms with E-state index < -0.39 is 6.10 Å². The third kappa shape index (κ3) is 2.99. The van der Waals surface area contributed by atoms with Crippen LogP contribution in [0.3, 0.4) is 0 Å². The SMILES string of the molecule is COc1cc(OC)c(C(O)C2CCCCO2)c(OC)c1. The normalized spacial score (nSPS) is 20.3. The predicted molar refractivity (Wildman–Crippen MR) is 74.6 cm³/mol. The van der Waals surface area contributed by atoms with Crippen LogP contribution in [0.1, 0.15) is 30.9 Å². The van der Waals surface area contributed by atoms with Gasteiger partial charge in [-0.15, -0.1) is 0 Å². The Balaban J connectivity index is 2.36. The van der Waals surface area contributed by atoms with E-state index in [4.69, 9.17) is 18.9 Å². The van der Waals surface area contributed by atoms with Gasteiger partial charge in [0.2, 0.25) is 0 Å². The quantitative estimate of drug-likeness (QED) is 0.898. The number of hydrogen-bond donors (Lipinski definition) is 1. The van der Waals surface area contributed by atoms with Crippen molar-refractivity contribution in [2.24, 2.45) is 0 Å². The summed E-state index contributed by atoms with van der Waals surface area (Å²) in [5.41, 5.74) is 0.614. The van der Waals surface area contributed by atoms with Gasteiger partial charge in [0.05, 0.1) is 33.0 Å². The van der Waals surface area contributed by atoms with Gasteiger partial charge in [0, 0.05) is 18.7 Å². The van der Waals surface area contributed by atoms with Crippen molar-refractivity contribution in [3.05, 3.63) is 17.7 Å². The van der Waals surface area contributed by atoms with E-state index in [1.165, 1.54) is 0 Å². The summed E-state index contributed by atoms with van der Waals surface area (Å²) in [6.45, 7) is 0.683. The maximum atomic E-state index is 10.6. The second kappa shape index (κ2) is 6.81. The molecule has 20 heavy (non-hydrogen) atoms. The van der Waals surface area contributed by atoms with Crippen molar-refractivity contribution < 1.29 is 24.1 Å². The molecule has 1 fully saturated rings. The van der Waals surface area contributed by atoms with Gasteiger partial charge in [-0.3, -0.25) is 0 Å². The average molecular weight is 282 g/mol. The van der Waals surface area contributed by atoms with E-state index in [-0.39, 0.29) is 6.10 Å². The first-order chi connectivity index (χ1) is 9.71. The number of methoxy groups -OCH3 is 3. The molecule has 1 aromatic rings. The predicted octanol–water partition coefficient (Wildman–Crippen LogP) is 2.31. The molecule has 5 nitrogen and oxygen atoms in total. The Morgan fingerprint density at radius 2 is 1.75 bits per heavy atom. The molecule has 2 unspecified atom stereocenters. The highest BCUT2D eigenvalue weighted by Gasteiger charge is 2.29. The van der Waals surface area contributed by atoms with Crippen molar-refractivity contribution in [1.29, 1.82) is 0 Å². The van der Waals surface area contributed by atoms with Crippen LogP contribution in [0.5, 0.6) is 17.2 Å². The molecule has 0 radical (unpaired) electrons. The number of hydrogen-bond acceptors (Lipinski definition) is 5. The Morgan fingerprint density at radius 3 is 2.20 bits per heavy atom. The zero-order chi connectivity index (χ0) is 14.5. The van der Waals surface area contributed by atoms with E-state index >= 15 is 0 Å². The van der Waals surface area contributed by atoms with Crippen molar-refractivity contribution in [3.8, 4) is 17.2 Å². The van der Waals surface area contributed by atoms with Gasteiger partial charge >= 0.3 is 0 Å². The molecule has 112 valence electrons. The van der Waals surface area contributed by atoms with Gasteiger partial charge in [0.1, 0.15) is 23.4 Å². The lowest BCUT2D eigenvalue weighted by Gasteiger charge is -2.29. The van der Waals surface area contributed by atoms with Crippen molar-refractivity contribution in [3.63, 3.8) is 0 Å². The molecule has 0 spiro atoms. The van der Waals surface area contributed by atoms with Gasteiger partial charge < -0.3 is 24.1 Å². The summed E-state index contributed by atoms with van der Waals surface area (Å²) in [6.07, 6.45) is 1.94. The molecule has 0 aromatic heterocycles. The molecule has 1 N–H and O–H groups in total. The summed E-state index contributed by atoms with van der Waals surface area (Å²) in [6, 6.07) is 3.48. The summed E-state index contributed by atoms with van der Waals surface area (Å²) < 4.78 is 21.6. The van der Waals surface area contributed by atoms with Crippen LogP contribution < -0.4 is 14.2 Å². The molecule has 1 aliphatic rings. The second-order valence-corrected chi connectivity index (χ2v) is 4.80. The van der Waals surface area contributed by atoms with E-state index in [9.17, 15) is 5.11 Å². The Morgan fingerprint density at radius 1 is 1.10 bits per heavy atom. The highest BCUT2D eigenvalue weighted by Crippen LogP contribution is 2.41. The third-order valence-corrected chi connectivity index (χ3v) is 3.62. The molecule has 2 atom stereocenters. The third-order valence-electron chi connectivity index (χ3n) is 3.62. The zero-order valence-electron chi connectivity index (χ0n) is 12.2. The lowest BCUT2D eigenvalue weighted by Crippen LogP contribution is -2.27. The molecule has 1 heterocycles. The molecular weight excluding hydrogens is 260 g/mol. The van der Waals surface area contributed by atoms with Crippen molar-refractivity contribution >= 4 is 0 Å². The molecule has 2 rings (SSSR count). The average Bonchev–Trinajstić information content (AvgIpc) is 2.53. The summed E-state index contributed by atoms with van der Waals surface area (Å²) in [5, 5.41) is 10.6. The standard InChI is InChI=1S/C15H22O5/c1-17-10-8-12(18-2)14(13(9-10)19-3)15(16)11-6-4-5-7-20-11/h8-9,11,15-16H,4-7H2,1-3H3. The zero-order valence-corrected chi connectivity index (χ0v) is 12.2. The molecule has 1 aliphatic heterocycles. The first kappa shape index (κ1) is 14.9. The first-order valence-electron chi connectivity index (χ1n) is 6.80. The van der Waals surface area contributed by atoms with Crippen LogP contribution in [0.2, 0.25) is 0 Å². The van der Waals surface area contributed by atoms with Gasteiger partial charge in [-0.25, -0.2) is 0 Å². The minimum atomic E-state index is -0.772. The number of aliphatic hydroxyl groups is 1. The van der Waals surface area contributed by atoms with Gasteiger partial charge in [0.25, 0.3) is 0 Å². The van der Waals surface area contributed by atoms with E-state index in [2.05, 4.69) is 0 Å². The summed E-state index contributed by atoms with van der Waals surface area (Å²) in [5.74, 6) is 1.71. The van der Waals surface area contributed by atoms with E-state index in [0.29, 0.717) is 29.4 Å². The van der Waals surface area contributed by atoms with E-state index in [1.807, 2.05) is 0 Å². The minimum Gasteiger partial charge on any atom is -0.496 e. The van der Waals surface area contributed by atoms with Crippen LogP contribution in [-0.2, 0) is 4.74 Å². The van der Waals surface area contributed by atoms with Crippen molar-refractivity contribution in [2.75, 3.05) is 27.9 Å². The largest absolute Gasteiger partial charge is 0.496 e. The number of aliphatic hydroxyl groups excluding tert-OH is 1. The van der Waals surface area contributed by atoms with Gasteiger partial charge in [0.15, 0.2) is 0 Å². The molecule has 0 saturated carbocycles. The van der Waals surface area contributed by atoms with Crippen LogP contribution in [0.4, 0.5) is 0 Å². The molecular formula is C15H22O5. The topological polar surface area (TPSA) is 57.2 Å². The van der Waals surface area contributed by atoms with Crippen LogP contribution >= 0.6 is 0 Å². The fraction of sp³-hybridized carbons (Fsp3) is 0.600. The number of rotatable bonds is 5. The lowest BCUT2D eigenvalue weighted by atomic mass is 9.96. The minimum absolute atomic E-state index is 0.222. The Hall–Kier alpha value is -1.46. The molecule has 1 saturated heterocycles. The Labute approximate surface area is 119 Å². The summed E-state index contributed by atoms with van der Waals surface area (Å²) in [4.78, 5) is 0. The molecule has 1 aromatic carbocycles. The van der Waals surface area contributed by atoms with E-state index in [0.717, 1.165) is 19.3 Å². The monoisotopic (exact) mass is 282 g/mol. The number of benzene rings is 1. The van der Waals surface area contributed by atoms with Crippen molar-refractivity contribution in [2.45, 2.75) is 31.5 Å². The van der Waals surface area contributed by atoms with Crippen LogP contribution in [0.15, 0.2) is 12.1 Å². The van der Waals surface area contributed by atoms with Crippen molar-refractivity contribution in [1.82, 2.24) is 0 Å². The lowest BCUT2D eigenvalue weighted by molar-refractivity contribution is -0.0646. The molecule has 0 aliphatic carbocycles. The maximum absolute atomic E-state index is 10.6. The highest BCUT2D eigenvalue weighted by atomic mass is 16.5. The van der Waals surface area contributed by atoms with Gasteiger partial charge in [-0.1, -0.05) is 0 Å². The van der Waals surface area contributed by atoms with Crippen LogP contribution in [0, 0.1) is 0 Å². The first-order valence-corrected chi connectivity index (χ1v) is 6.80. The van der Waals surface area contributed by atoms with Crippen LogP contribution in [-0.4, -0.2) is 39.1 Å². The van der Waals surface area contributed by atoms with Gasteiger partial charge in [-0.2, -0.15) is 0 Å². The fourth-order valence-corrected chi connectivity index (χ4v) is 2.52. The van der Waals surface area contributed by atoms with E-state index in [1.54, 1.807) is 33.5 Å². The fourth-order valence-electron chi connectivity index (χ4n) is 2.52. The smallest absolute Gasteiger partial charge is 0.132 e. The van der Waals surface area contributed by atoms with Crippen LogP contribution in [0.25, 0.3) is 0 Å². The summed E-state index contributed by atoms with van der Waals surface area (Å²) >= 11 is 0. The second-order valence-electron chi connectivity index (χ2n) is 4.80. The van der Waals surface area contributed by atoms with Gasteiger partial charge in [-0.05, 0) is 19.3 Å². The Kier molecular flexibility index (Phi) is 5.09. The molecule has 0 bridgehead atoms.